The molecule has 3 rings (SSSR count). The number of aromatic nitrogens is 4. The average molecular weight is 432 g/mol. The number of hydrogen-bond acceptors (Lipinski definition) is 8. The van der Waals surface area contributed by atoms with Crippen LogP contribution in [0.4, 0.5) is 20.2 Å². The fraction of sp³-hybridized carbons (Fsp3) is 0.111. The Bertz CT molecular complexity index is 1100. The van der Waals surface area contributed by atoms with E-state index >= 15 is 0 Å². The molecule has 2 aromatic carbocycles. The van der Waals surface area contributed by atoms with Gasteiger partial charge in [-0.3, -0.25) is 14.9 Å². The zero-order valence-electron chi connectivity index (χ0n) is 15.8. The van der Waals surface area contributed by atoms with Crippen LogP contribution in [0, 0.1) is 10.1 Å². The summed E-state index contributed by atoms with van der Waals surface area (Å²) in [5.41, 5.74) is 0.561. The molecule has 0 aliphatic rings. The van der Waals surface area contributed by atoms with Crippen LogP contribution in [0.25, 0.3) is 11.8 Å². The number of amides is 1. The molecule has 0 atom stereocenters. The van der Waals surface area contributed by atoms with Gasteiger partial charge in [0, 0.05) is 11.8 Å². The van der Waals surface area contributed by atoms with E-state index < -0.39 is 28.9 Å². The highest BCUT2D eigenvalue weighted by molar-refractivity contribution is 6.02. The van der Waals surface area contributed by atoms with Crippen molar-refractivity contribution < 1.29 is 28.0 Å². The summed E-state index contributed by atoms with van der Waals surface area (Å²) in [6.07, 6.45) is 3.64. The van der Waals surface area contributed by atoms with Crippen LogP contribution in [-0.2, 0) is 4.79 Å². The van der Waals surface area contributed by atoms with Crippen molar-refractivity contribution in [3.63, 3.8) is 0 Å². The van der Waals surface area contributed by atoms with Gasteiger partial charge in [0.25, 0.3) is 5.69 Å². The van der Waals surface area contributed by atoms with Gasteiger partial charge in [-0.25, -0.2) is 4.68 Å². The second-order valence-corrected chi connectivity index (χ2v) is 5.82. The number of alkyl halides is 2. The second kappa shape index (κ2) is 9.39. The summed E-state index contributed by atoms with van der Waals surface area (Å²) in [6.45, 7) is -3.19. The van der Waals surface area contributed by atoms with Gasteiger partial charge in [0.05, 0.1) is 29.4 Å². The summed E-state index contributed by atoms with van der Waals surface area (Å²) >= 11 is 0. The van der Waals surface area contributed by atoms with Gasteiger partial charge in [-0.1, -0.05) is 0 Å². The summed E-state index contributed by atoms with van der Waals surface area (Å²) in [4.78, 5) is 22.7. The lowest BCUT2D eigenvalue weighted by Gasteiger charge is -2.10. The van der Waals surface area contributed by atoms with Gasteiger partial charge in [-0.05, 0) is 46.8 Å². The Hall–Kier alpha value is -4.42. The third-order valence-corrected chi connectivity index (χ3v) is 3.89. The minimum atomic E-state index is -3.19. The summed E-state index contributed by atoms with van der Waals surface area (Å²) in [6, 6.07) is 8.51. The largest absolute Gasteiger partial charge is 0.493 e. The highest BCUT2D eigenvalue weighted by Crippen LogP contribution is 2.36. The van der Waals surface area contributed by atoms with Crippen LogP contribution < -0.4 is 14.8 Å². The van der Waals surface area contributed by atoms with Crippen LogP contribution in [0.5, 0.6) is 11.5 Å². The molecule has 1 aromatic heterocycles. The molecule has 0 saturated heterocycles. The van der Waals surface area contributed by atoms with Crippen molar-refractivity contribution in [1.82, 2.24) is 20.2 Å². The number of nitro benzene ring substituents is 1. The predicted molar refractivity (Wildman–Crippen MR) is 103 cm³/mol. The number of nitrogens with zero attached hydrogens (tertiary/aromatic N) is 5. The monoisotopic (exact) mass is 432 g/mol. The number of halogens is 2. The van der Waals surface area contributed by atoms with Crippen molar-refractivity contribution in [3.8, 4) is 17.2 Å². The highest BCUT2D eigenvalue weighted by atomic mass is 19.3. The SMILES string of the molecule is COc1cc(/C=C/C(=O)Nc2ccc(-n3cnnn3)cc2)c([N+](=O)[O-])cc1OC(F)F. The van der Waals surface area contributed by atoms with E-state index in [2.05, 4.69) is 25.6 Å². The lowest BCUT2D eigenvalue weighted by Crippen LogP contribution is -2.08. The summed E-state index contributed by atoms with van der Waals surface area (Å²) in [5.74, 6) is -1.21. The highest BCUT2D eigenvalue weighted by Gasteiger charge is 2.20. The fourth-order valence-electron chi connectivity index (χ4n) is 2.53. The Morgan fingerprint density at radius 2 is 2.00 bits per heavy atom. The Labute approximate surface area is 173 Å². The number of anilines is 1. The van der Waals surface area contributed by atoms with Gasteiger partial charge in [-0.2, -0.15) is 8.78 Å². The first kappa shape index (κ1) is 21.3. The number of carbonyl (C=O) groups is 1. The number of methoxy groups -OCH3 is 1. The van der Waals surface area contributed by atoms with Crippen molar-refractivity contribution in [2.75, 3.05) is 12.4 Å². The van der Waals surface area contributed by atoms with Crippen molar-refractivity contribution in [2.45, 2.75) is 6.61 Å². The smallest absolute Gasteiger partial charge is 0.387 e. The molecule has 31 heavy (non-hydrogen) atoms. The van der Waals surface area contributed by atoms with Crippen molar-refractivity contribution in [3.05, 3.63) is 64.5 Å². The van der Waals surface area contributed by atoms with Crippen LogP contribution in [0.2, 0.25) is 0 Å². The van der Waals surface area contributed by atoms with E-state index in [0.29, 0.717) is 11.4 Å². The second-order valence-electron chi connectivity index (χ2n) is 5.82. The first-order valence-electron chi connectivity index (χ1n) is 8.51. The number of rotatable bonds is 8. The molecule has 0 unspecified atom stereocenters. The van der Waals surface area contributed by atoms with Gasteiger partial charge >= 0.3 is 6.61 Å². The minimum absolute atomic E-state index is 0.0346. The molecule has 160 valence electrons. The molecule has 0 bridgehead atoms. The van der Waals surface area contributed by atoms with E-state index in [9.17, 15) is 23.7 Å². The summed E-state index contributed by atoms with van der Waals surface area (Å²) in [5, 5.41) is 24.7. The number of ether oxygens (including phenoxy) is 2. The van der Waals surface area contributed by atoms with E-state index in [0.717, 1.165) is 24.3 Å². The third kappa shape index (κ3) is 5.35. The predicted octanol–water partition coefficient (Wildman–Crippen LogP) is 2.83. The third-order valence-electron chi connectivity index (χ3n) is 3.89. The summed E-state index contributed by atoms with van der Waals surface area (Å²) in [7, 11) is 1.19. The van der Waals surface area contributed by atoms with E-state index in [1.165, 1.54) is 18.1 Å². The molecular formula is C18H14F2N6O5. The zero-order chi connectivity index (χ0) is 22.4. The van der Waals surface area contributed by atoms with Crippen molar-refractivity contribution in [1.29, 1.82) is 0 Å². The molecule has 0 fully saturated rings. The number of tetrazole rings is 1. The average Bonchev–Trinajstić information content (AvgIpc) is 3.27. The standard InChI is InChI=1S/C18H14F2N6O5/c1-30-15-8-11(14(26(28)29)9-16(15)31-18(19)20)2-7-17(27)22-12-3-5-13(6-4-12)25-10-21-23-24-25/h2-10,18H,1H3,(H,22,27)/b7-2+. The van der Waals surface area contributed by atoms with Crippen molar-refractivity contribution >= 4 is 23.4 Å². The van der Waals surface area contributed by atoms with Gasteiger partial charge in [0.2, 0.25) is 5.91 Å². The van der Waals surface area contributed by atoms with Crippen LogP contribution in [0.1, 0.15) is 5.56 Å². The molecule has 1 N–H and O–H groups in total. The molecule has 0 spiro atoms. The van der Waals surface area contributed by atoms with E-state index in [-0.39, 0.29) is 11.3 Å². The maximum absolute atomic E-state index is 12.5. The molecule has 0 aliphatic heterocycles. The number of nitro groups is 1. The number of nitrogens with one attached hydrogen (secondary N) is 1. The van der Waals surface area contributed by atoms with Crippen LogP contribution in [-0.4, -0.2) is 44.8 Å². The molecular weight excluding hydrogens is 418 g/mol. The maximum atomic E-state index is 12.5. The molecule has 0 aliphatic carbocycles. The van der Waals surface area contributed by atoms with Crippen LogP contribution in [0.15, 0.2) is 48.8 Å². The zero-order valence-corrected chi connectivity index (χ0v) is 15.8. The molecule has 11 nitrogen and oxygen atoms in total. The number of benzene rings is 2. The van der Waals surface area contributed by atoms with Gasteiger partial charge in [0.1, 0.15) is 6.33 Å². The lowest BCUT2D eigenvalue weighted by atomic mass is 10.1. The van der Waals surface area contributed by atoms with Gasteiger partial charge in [-0.15, -0.1) is 5.10 Å². The maximum Gasteiger partial charge on any atom is 0.387 e. The first-order valence-corrected chi connectivity index (χ1v) is 8.51. The first-order chi connectivity index (χ1) is 14.9. The number of carbonyl (C=O) groups excluding carboxylic acids is 1. The molecule has 0 saturated carbocycles. The molecule has 1 heterocycles. The summed E-state index contributed by atoms with van der Waals surface area (Å²) < 4.78 is 35.6. The van der Waals surface area contributed by atoms with Gasteiger partial charge < -0.3 is 14.8 Å². The Balaban J connectivity index is 1.77. The Morgan fingerprint density at radius 3 is 2.58 bits per heavy atom. The molecule has 3 aromatic rings. The number of hydrogen-bond donors (Lipinski definition) is 1. The fourth-order valence-corrected chi connectivity index (χ4v) is 2.53. The van der Waals surface area contributed by atoms with E-state index in [1.807, 2.05) is 0 Å². The topological polar surface area (TPSA) is 134 Å². The van der Waals surface area contributed by atoms with E-state index in [4.69, 9.17) is 4.74 Å². The lowest BCUT2D eigenvalue weighted by molar-refractivity contribution is -0.385. The molecule has 1 amide bonds. The molecule has 13 heteroatoms. The van der Waals surface area contributed by atoms with E-state index in [1.54, 1.807) is 24.3 Å². The minimum Gasteiger partial charge on any atom is -0.493 e. The molecule has 0 radical (unpaired) electrons. The van der Waals surface area contributed by atoms with Crippen molar-refractivity contribution in [2.24, 2.45) is 0 Å². The normalized spacial score (nSPS) is 11.0. The van der Waals surface area contributed by atoms with Crippen LogP contribution in [0.3, 0.4) is 0 Å². The quantitative estimate of drug-likeness (QED) is 0.326. The Kier molecular flexibility index (Phi) is 6.45. The Morgan fingerprint density at radius 1 is 1.26 bits per heavy atom. The van der Waals surface area contributed by atoms with Gasteiger partial charge in [0.15, 0.2) is 11.5 Å². The van der Waals surface area contributed by atoms with Crippen LogP contribution >= 0.6 is 0 Å².